The zero-order chi connectivity index (χ0) is 17.1. The molecule has 3 N–H and O–H groups in total. The van der Waals surface area contributed by atoms with Crippen molar-refractivity contribution in [1.29, 1.82) is 0 Å². The molecule has 2 heterocycles. The number of nitrogen functional groups attached to an aromatic ring is 1. The van der Waals surface area contributed by atoms with Crippen LogP contribution in [0.3, 0.4) is 0 Å². The third-order valence-electron chi connectivity index (χ3n) is 4.51. The molecule has 130 valence electrons. The van der Waals surface area contributed by atoms with Crippen LogP contribution in [0.25, 0.3) is 0 Å². The average molecular weight is 331 g/mol. The molecular formula is C16H25N7O. The highest BCUT2D eigenvalue weighted by Crippen LogP contribution is 2.33. The molecule has 24 heavy (non-hydrogen) atoms. The number of nitrogens with zero attached hydrogens (tertiary/aromatic N) is 6. The summed E-state index contributed by atoms with van der Waals surface area (Å²) in [6.07, 6.45) is 8.73. The summed E-state index contributed by atoms with van der Waals surface area (Å²) in [5.74, 6) is 2.22. The van der Waals surface area contributed by atoms with Crippen LogP contribution in [0.5, 0.6) is 0 Å². The van der Waals surface area contributed by atoms with Gasteiger partial charge >= 0.3 is 0 Å². The van der Waals surface area contributed by atoms with Gasteiger partial charge in [0.25, 0.3) is 0 Å². The van der Waals surface area contributed by atoms with Crippen LogP contribution in [-0.4, -0.2) is 43.7 Å². The molecule has 1 aliphatic carbocycles. The second kappa shape index (κ2) is 7.12. The van der Waals surface area contributed by atoms with Crippen molar-refractivity contribution in [2.45, 2.75) is 44.8 Å². The average Bonchev–Trinajstić information content (AvgIpc) is 3.02. The van der Waals surface area contributed by atoms with Crippen LogP contribution in [-0.2, 0) is 6.54 Å². The Bertz CT molecular complexity index is 679. The SMILES string of the molecule is CN(C)c1nc(N)nc(Cn2ccnc2C(O)C2CCCCC2)n1. The first-order valence-corrected chi connectivity index (χ1v) is 8.41. The van der Waals surface area contributed by atoms with Gasteiger partial charge in [-0.1, -0.05) is 19.3 Å². The highest BCUT2D eigenvalue weighted by molar-refractivity contribution is 5.32. The lowest BCUT2D eigenvalue weighted by Gasteiger charge is -2.26. The van der Waals surface area contributed by atoms with Crippen molar-refractivity contribution in [2.24, 2.45) is 5.92 Å². The van der Waals surface area contributed by atoms with Crippen LogP contribution in [0.1, 0.15) is 49.9 Å². The predicted molar refractivity (Wildman–Crippen MR) is 91.4 cm³/mol. The monoisotopic (exact) mass is 331 g/mol. The van der Waals surface area contributed by atoms with Crippen LogP contribution in [0.2, 0.25) is 0 Å². The maximum absolute atomic E-state index is 10.7. The zero-order valence-electron chi connectivity index (χ0n) is 14.3. The van der Waals surface area contributed by atoms with Crippen LogP contribution < -0.4 is 10.6 Å². The van der Waals surface area contributed by atoms with E-state index in [0.717, 1.165) is 12.8 Å². The van der Waals surface area contributed by atoms with E-state index in [4.69, 9.17) is 5.73 Å². The van der Waals surface area contributed by atoms with Gasteiger partial charge in [0.2, 0.25) is 11.9 Å². The van der Waals surface area contributed by atoms with Gasteiger partial charge in [0.05, 0.1) is 6.54 Å². The Kier molecular flexibility index (Phi) is 4.94. The van der Waals surface area contributed by atoms with Crippen molar-refractivity contribution in [1.82, 2.24) is 24.5 Å². The standard InChI is InChI=1S/C16H25N7O/c1-22(2)16-20-12(19-15(17)21-16)10-23-9-8-18-14(23)13(24)11-6-4-3-5-7-11/h8-9,11,13,24H,3-7,10H2,1-2H3,(H2,17,19,20,21). The van der Waals surface area contributed by atoms with E-state index in [0.29, 0.717) is 24.1 Å². The molecule has 0 amide bonds. The Morgan fingerprint density at radius 3 is 2.71 bits per heavy atom. The molecule has 1 saturated carbocycles. The summed E-state index contributed by atoms with van der Waals surface area (Å²) in [6, 6.07) is 0. The molecule has 2 aromatic heterocycles. The minimum absolute atomic E-state index is 0.193. The normalized spacial score (nSPS) is 17.0. The number of hydrogen-bond acceptors (Lipinski definition) is 7. The number of rotatable bonds is 5. The fourth-order valence-electron chi connectivity index (χ4n) is 3.23. The van der Waals surface area contributed by atoms with Gasteiger partial charge < -0.3 is 20.3 Å². The van der Waals surface area contributed by atoms with Gasteiger partial charge in [-0.25, -0.2) is 4.98 Å². The molecule has 1 fully saturated rings. The molecule has 8 nitrogen and oxygen atoms in total. The Labute approximate surface area is 141 Å². The van der Waals surface area contributed by atoms with E-state index in [2.05, 4.69) is 19.9 Å². The van der Waals surface area contributed by atoms with Gasteiger partial charge in [0.1, 0.15) is 11.9 Å². The van der Waals surface area contributed by atoms with Crippen molar-refractivity contribution < 1.29 is 5.11 Å². The summed E-state index contributed by atoms with van der Waals surface area (Å²) in [4.78, 5) is 18.9. The van der Waals surface area contributed by atoms with E-state index in [9.17, 15) is 5.11 Å². The van der Waals surface area contributed by atoms with Crippen LogP contribution >= 0.6 is 0 Å². The zero-order valence-corrected chi connectivity index (χ0v) is 14.3. The summed E-state index contributed by atoms with van der Waals surface area (Å²) in [5, 5.41) is 10.7. The van der Waals surface area contributed by atoms with Gasteiger partial charge in [0, 0.05) is 26.5 Å². The van der Waals surface area contributed by atoms with E-state index < -0.39 is 6.10 Å². The number of aliphatic hydroxyl groups excluding tert-OH is 1. The third-order valence-corrected chi connectivity index (χ3v) is 4.51. The highest BCUT2D eigenvalue weighted by atomic mass is 16.3. The van der Waals surface area contributed by atoms with Crippen LogP contribution in [0, 0.1) is 5.92 Å². The molecule has 1 unspecified atom stereocenters. The Balaban J connectivity index is 1.80. The lowest BCUT2D eigenvalue weighted by molar-refractivity contribution is 0.0742. The number of imidazole rings is 1. The number of nitrogens with two attached hydrogens (primary N) is 1. The molecule has 0 radical (unpaired) electrons. The maximum Gasteiger partial charge on any atom is 0.229 e. The molecule has 0 bridgehead atoms. The van der Waals surface area contributed by atoms with Gasteiger partial charge in [0.15, 0.2) is 5.82 Å². The van der Waals surface area contributed by atoms with Gasteiger partial charge in [-0.3, -0.25) is 0 Å². The molecule has 1 atom stereocenters. The first-order valence-electron chi connectivity index (χ1n) is 8.41. The van der Waals surface area contributed by atoms with Crippen molar-refractivity contribution in [3.05, 3.63) is 24.0 Å². The molecule has 0 aromatic carbocycles. The highest BCUT2D eigenvalue weighted by Gasteiger charge is 2.26. The molecule has 0 spiro atoms. The lowest BCUT2D eigenvalue weighted by atomic mass is 9.85. The van der Waals surface area contributed by atoms with Crippen molar-refractivity contribution in [3.63, 3.8) is 0 Å². The minimum atomic E-state index is -0.548. The fourth-order valence-corrected chi connectivity index (χ4v) is 3.23. The maximum atomic E-state index is 10.7. The fraction of sp³-hybridized carbons (Fsp3) is 0.625. The summed E-state index contributed by atoms with van der Waals surface area (Å²) < 4.78 is 1.90. The summed E-state index contributed by atoms with van der Waals surface area (Å²) >= 11 is 0. The van der Waals surface area contributed by atoms with Crippen molar-refractivity contribution in [3.8, 4) is 0 Å². The summed E-state index contributed by atoms with van der Waals surface area (Å²) in [7, 11) is 3.71. The summed E-state index contributed by atoms with van der Waals surface area (Å²) in [5.41, 5.74) is 5.78. The van der Waals surface area contributed by atoms with Gasteiger partial charge in [-0.05, 0) is 18.8 Å². The van der Waals surface area contributed by atoms with E-state index >= 15 is 0 Å². The molecular weight excluding hydrogens is 306 g/mol. The predicted octanol–water partition coefficient (Wildman–Crippen LogP) is 1.38. The van der Waals surface area contributed by atoms with Crippen LogP contribution in [0.15, 0.2) is 12.4 Å². The van der Waals surface area contributed by atoms with E-state index in [1.165, 1.54) is 19.3 Å². The van der Waals surface area contributed by atoms with E-state index in [-0.39, 0.29) is 11.9 Å². The Morgan fingerprint density at radius 2 is 2.00 bits per heavy atom. The first-order chi connectivity index (χ1) is 11.5. The number of aromatic nitrogens is 5. The Morgan fingerprint density at radius 1 is 1.25 bits per heavy atom. The van der Waals surface area contributed by atoms with Crippen molar-refractivity contribution >= 4 is 11.9 Å². The second-order valence-electron chi connectivity index (χ2n) is 6.56. The minimum Gasteiger partial charge on any atom is -0.385 e. The van der Waals surface area contributed by atoms with Gasteiger partial charge in [-0.15, -0.1) is 0 Å². The molecule has 0 aliphatic heterocycles. The topological polar surface area (TPSA) is 106 Å². The third kappa shape index (κ3) is 3.64. The van der Waals surface area contributed by atoms with E-state index in [1.807, 2.05) is 24.9 Å². The number of anilines is 2. The number of hydrogen-bond donors (Lipinski definition) is 2. The largest absolute Gasteiger partial charge is 0.385 e. The first kappa shape index (κ1) is 16.6. The number of aliphatic hydroxyl groups is 1. The molecule has 2 aromatic rings. The summed E-state index contributed by atoms with van der Waals surface area (Å²) in [6.45, 7) is 0.409. The second-order valence-corrected chi connectivity index (χ2v) is 6.56. The molecule has 3 rings (SSSR count). The molecule has 8 heteroatoms. The van der Waals surface area contributed by atoms with Crippen molar-refractivity contribution in [2.75, 3.05) is 24.7 Å². The smallest absolute Gasteiger partial charge is 0.229 e. The van der Waals surface area contributed by atoms with Gasteiger partial charge in [-0.2, -0.15) is 15.0 Å². The molecule has 1 aliphatic rings. The van der Waals surface area contributed by atoms with Crippen LogP contribution in [0.4, 0.5) is 11.9 Å². The lowest BCUT2D eigenvalue weighted by Crippen LogP contribution is -2.21. The Hall–Kier alpha value is -2.22. The van der Waals surface area contributed by atoms with E-state index in [1.54, 1.807) is 11.1 Å². The molecule has 0 saturated heterocycles. The quantitative estimate of drug-likeness (QED) is 0.852.